The minimum atomic E-state index is -0.254. The van der Waals surface area contributed by atoms with Crippen LogP contribution in [0, 0.1) is 0 Å². The van der Waals surface area contributed by atoms with Gasteiger partial charge in [-0.2, -0.15) is 3.11 Å². The highest BCUT2D eigenvalue weighted by Gasteiger charge is 2.38. The topological polar surface area (TPSA) is 40.6 Å². The fourth-order valence-corrected chi connectivity index (χ4v) is 1.03. The van der Waals surface area contributed by atoms with E-state index in [2.05, 4.69) is 0 Å². The Morgan fingerprint density at radius 2 is 1.75 bits per heavy atom. The van der Waals surface area contributed by atoms with Crippen molar-refractivity contribution in [3.05, 3.63) is 0 Å². The highest BCUT2D eigenvalue weighted by Crippen LogP contribution is 2.17. The molecule has 0 N–H and O–H groups in total. The van der Waals surface area contributed by atoms with Crippen LogP contribution in [0.2, 0.25) is 0 Å². The summed E-state index contributed by atoms with van der Waals surface area (Å²) in [6.45, 7) is 0. The molecule has 0 atom stereocenters. The van der Waals surface area contributed by atoms with Crippen molar-refractivity contribution in [1.82, 2.24) is 8.01 Å². The number of hydrogen-bond acceptors (Lipinski definition) is 2. The maximum atomic E-state index is 10.4. The molecule has 0 aliphatic carbocycles. The molecule has 1 aliphatic rings. The molecule has 0 spiro atoms. The number of carbonyl (C=O) groups excluding carboxylic acids is 2. The minimum Gasteiger partial charge on any atom is -0.247 e. The molecular formula is C3H3IN2O2. The number of rotatable bonds is 0. The van der Waals surface area contributed by atoms with Crippen LogP contribution in [-0.2, 0) is 0 Å². The number of amides is 4. The molecule has 4 nitrogen and oxygen atoms in total. The molecule has 5 heteroatoms. The predicted molar refractivity (Wildman–Crippen MR) is 34.4 cm³/mol. The van der Waals surface area contributed by atoms with E-state index in [4.69, 9.17) is 0 Å². The van der Waals surface area contributed by atoms with Crippen LogP contribution in [0.25, 0.3) is 0 Å². The van der Waals surface area contributed by atoms with E-state index in [1.807, 2.05) is 0 Å². The molecule has 1 rings (SSSR count). The van der Waals surface area contributed by atoms with Crippen LogP contribution in [0.1, 0.15) is 0 Å². The first-order valence-corrected chi connectivity index (χ1v) is 2.88. The summed E-state index contributed by atoms with van der Waals surface area (Å²) in [5.74, 6) is 0. The smallest absolute Gasteiger partial charge is 0.247 e. The van der Waals surface area contributed by atoms with Crippen LogP contribution in [-0.4, -0.2) is 27.1 Å². The van der Waals surface area contributed by atoms with Gasteiger partial charge >= 0.3 is 12.1 Å². The van der Waals surface area contributed by atoms with Crippen molar-refractivity contribution in [3.8, 4) is 0 Å². The number of urea groups is 2. The lowest BCUT2D eigenvalue weighted by Gasteiger charge is -2.30. The van der Waals surface area contributed by atoms with Gasteiger partial charge in [-0.05, 0) is 0 Å². The van der Waals surface area contributed by atoms with Gasteiger partial charge < -0.3 is 0 Å². The Bertz CT molecular complexity index is 127. The first-order valence-electron chi connectivity index (χ1n) is 1.92. The summed E-state index contributed by atoms with van der Waals surface area (Å²) < 4.78 is 1.03. The Morgan fingerprint density at radius 1 is 1.38 bits per heavy atom. The second-order valence-electron chi connectivity index (χ2n) is 1.40. The number of nitrogens with zero attached hydrogens (tertiary/aromatic N) is 2. The van der Waals surface area contributed by atoms with Gasteiger partial charge in [0, 0.05) is 7.05 Å². The number of halogens is 1. The largest absolute Gasteiger partial charge is 0.345 e. The van der Waals surface area contributed by atoms with Crippen LogP contribution in [0.4, 0.5) is 9.59 Å². The first kappa shape index (κ1) is 5.80. The second kappa shape index (κ2) is 1.57. The average molecular weight is 226 g/mol. The van der Waals surface area contributed by atoms with Crippen molar-refractivity contribution in [3.63, 3.8) is 0 Å². The molecule has 0 unspecified atom stereocenters. The zero-order valence-corrected chi connectivity index (χ0v) is 6.25. The quantitative estimate of drug-likeness (QED) is 0.453. The maximum Gasteiger partial charge on any atom is 0.345 e. The fourth-order valence-electron chi connectivity index (χ4n) is 0.382. The van der Waals surface area contributed by atoms with Crippen molar-refractivity contribution < 1.29 is 9.59 Å². The lowest BCUT2D eigenvalue weighted by Crippen LogP contribution is -2.56. The molecule has 0 bridgehead atoms. The average Bonchev–Trinajstić information content (AvgIpc) is 1.83. The molecule has 1 fully saturated rings. The van der Waals surface area contributed by atoms with E-state index in [0.29, 0.717) is 0 Å². The Kier molecular flexibility index (Phi) is 1.14. The number of hydrogen-bond donors (Lipinski definition) is 0. The SMILES string of the molecule is CN1C(=O)N(I)C1=O. The van der Waals surface area contributed by atoms with Gasteiger partial charge in [0.1, 0.15) is 0 Å². The van der Waals surface area contributed by atoms with Gasteiger partial charge in [0.15, 0.2) is 0 Å². The maximum absolute atomic E-state index is 10.4. The molecule has 1 aliphatic heterocycles. The Labute approximate surface area is 59.9 Å². The Morgan fingerprint density at radius 3 is 1.88 bits per heavy atom. The predicted octanol–water partition coefficient (Wildman–Crippen LogP) is 0.824. The summed E-state index contributed by atoms with van der Waals surface area (Å²) in [6.07, 6.45) is 0. The monoisotopic (exact) mass is 226 g/mol. The zero-order chi connectivity index (χ0) is 6.31. The van der Waals surface area contributed by atoms with E-state index in [0.717, 1.165) is 8.01 Å². The first-order chi connectivity index (χ1) is 3.64. The fraction of sp³-hybridized carbons (Fsp3) is 0.333. The van der Waals surface area contributed by atoms with Crippen LogP contribution < -0.4 is 0 Å². The van der Waals surface area contributed by atoms with Gasteiger partial charge in [-0.25, -0.2) is 14.5 Å². The molecular weight excluding hydrogens is 223 g/mol. The van der Waals surface area contributed by atoms with Gasteiger partial charge in [-0.15, -0.1) is 0 Å². The molecule has 1 heterocycles. The normalized spacial score (nSPS) is 19.2. The van der Waals surface area contributed by atoms with Crippen LogP contribution in [0.5, 0.6) is 0 Å². The highest BCUT2D eigenvalue weighted by atomic mass is 127. The second-order valence-corrected chi connectivity index (χ2v) is 2.37. The summed E-state index contributed by atoms with van der Waals surface area (Å²) in [5, 5.41) is 0. The van der Waals surface area contributed by atoms with E-state index in [1.165, 1.54) is 7.05 Å². The summed E-state index contributed by atoms with van der Waals surface area (Å²) in [6, 6.07) is -0.508. The third-order valence-electron chi connectivity index (χ3n) is 0.910. The molecule has 0 aromatic rings. The van der Waals surface area contributed by atoms with Crippen molar-refractivity contribution in [2.24, 2.45) is 0 Å². The van der Waals surface area contributed by atoms with Gasteiger partial charge in [-0.3, -0.25) is 0 Å². The van der Waals surface area contributed by atoms with E-state index in [9.17, 15) is 9.59 Å². The molecule has 4 amide bonds. The van der Waals surface area contributed by atoms with E-state index < -0.39 is 0 Å². The van der Waals surface area contributed by atoms with Crippen molar-refractivity contribution in [1.29, 1.82) is 0 Å². The van der Waals surface area contributed by atoms with Gasteiger partial charge in [-0.1, -0.05) is 0 Å². The lowest BCUT2D eigenvalue weighted by molar-refractivity contribution is 0.151. The molecule has 44 valence electrons. The molecule has 0 aromatic heterocycles. The third-order valence-corrected chi connectivity index (χ3v) is 1.74. The summed E-state index contributed by atoms with van der Waals surface area (Å²) in [7, 11) is 1.44. The Hall–Kier alpha value is -0.330. The third kappa shape index (κ3) is 0.504. The summed E-state index contributed by atoms with van der Waals surface area (Å²) >= 11 is 1.65. The molecule has 0 aromatic carbocycles. The lowest BCUT2D eigenvalue weighted by atomic mass is 10.6. The zero-order valence-electron chi connectivity index (χ0n) is 4.09. The molecule has 0 radical (unpaired) electrons. The van der Waals surface area contributed by atoms with E-state index >= 15 is 0 Å². The molecule has 1 saturated heterocycles. The van der Waals surface area contributed by atoms with Crippen LogP contribution in [0.15, 0.2) is 0 Å². The van der Waals surface area contributed by atoms with Crippen molar-refractivity contribution in [2.45, 2.75) is 0 Å². The van der Waals surface area contributed by atoms with Crippen LogP contribution >= 0.6 is 22.9 Å². The van der Waals surface area contributed by atoms with Crippen molar-refractivity contribution in [2.75, 3.05) is 7.05 Å². The van der Waals surface area contributed by atoms with Gasteiger partial charge in [0.2, 0.25) is 0 Å². The standard InChI is InChI=1S/C3H3IN2O2/c1-5-2(7)6(4)3(5)8/h1H3. The van der Waals surface area contributed by atoms with E-state index in [-0.39, 0.29) is 12.1 Å². The van der Waals surface area contributed by atoms with Crippen LogP contribution in [0.3, 0.4) is 0 Å². The van der Waals surface area contributed by atoms with Gasteiger partial charge in [0.05, 0.1) is 22.9 Å². The number of imide groups is 2. The minimum absolute atomic E-state index is 0.254. The summed E-state index contributed by atoms with van der Waals surface area (Å²) in [4.78, 5) is 21.8. The highest BCUT2D eigenvalue weighted by molar-refractivity contribution is 14.1. The molecule has 0 saturated carbocycles. The Balaban J connectivity index is 2.68. The van der Waals surface area contributed by atoms with Gasteiger partial charge in [0.25, 0.3) is 0 Å². The number of carbonyl (C=O) groups is 2. The van der Waals surface area contributed by atoms with E-state index in [1.54, 1.807) is 22.9 Å². The summed E-state index contributed by atoms with van der Waals surface area (Å²) in [5.41, 5.74) is 0. The molecule has 8 heavy (non-hydrogen) atoms. The van der Waals surface area contributed by atoms with Crippen molar-refractivity contribution >= 4 is 34.9 Å².